The molecule has 0 amide bonds. The number of rotatable bonds is 4. The Bertz CT molecular complexity index is 478. The number of benzene rings is 1. The second-order valence-electron chi connectivity index (χ2n) is 3.85. The van der Waals surface area contributed by atoms with Gasteiger partial charge >= 0.3 is 0 Å². The zero-order valence-corrected chi connectivity index (χ0v) is 10.0. The first kappa shape index (κ1) is 12.9. The molecule has 5 nitrogen and oxygen atoms in total. The van der Waals surface area contributed by atoms with Crippen LogP contribution in [0.5, 0.6) is 0 Å². The van der Waals surface area contributed by atoms with E-state index in [1.54, 1.807) is 17.9 Å². The van der Waals surface area contributed by atoms with Crippen molar-refractivity contribution in [3.05, 3.63) is 51.7 Å². The smallest absolute Gasteiger partial charge is 0.270 e. The SMILES string of the molecule is C/C(=C/C(=O)c1cccc([N+](=O)[O-])c1)N(C)C. The van der Waals surface area contributed by atoms with Gasteiger partial charge < -0.3 is 4.90 Å². The zero-order valence-electron chi connectivity index (χ0n) is 10.0. The largest absolute Gasteiger partial charge is 0.381 e. The molecule has 0 unspecified atom stereocenters. The number of carbonyl (C=O) groups is 1. The van der Waals surface area contributed by atoms with Crippen LogP contribution >= 0.6 is 0 Å². The second-order valence-corrected chi connectivity index (χ2v) is 3.85. The molecule has 0 bridgehead atoms. The van der Waals surface area contributed by atoms with E-state index >= 15 is 0 Å². The molecule has 0 aliphatic heterocycles. The molecule has 0 aromatic heterocycles. The van der Waals surface area contributed by atoms with Crippen LogP contribution in [0.1, 0.15) is 17.3 Å². The predicted octanol–water partition coefficient (Wildman–Crippen LogP) is 2.24. The van der Waals surface area contributed by atoms with Gasteiger partial charge in [0.05, 0.1) is 4.92 Å². The molecule has 1 rings (SSSR count). The molecule has 0 aliphatic carbocycles. The summed E-state index contributed by atoms with van der Waals surface area (Å²) in [4.78, 5) is 23.7. The summed E-state index contributed by atoms with van der Waals surface area (Å²) in [6, 6.07) is 5.71. The predicted molar refractivity (Wildman–Crippen MR) is 64.9 cm³/mol. The first-order valence-corrected chi connectivity index (χ1v) is 5.06. The van der Waals surface area contributed by atoms with Gasteiger partial charge in [-0.15, -0.1) is 0 Å². The molecule has 0 saturated carbocycles. The number of allylic oxidation sites excluding steroid dienone is 2. The summed E-state index contributed by atoms with van der Waals surface area (Å²) in [5.41, 5.74) is 1.04. The van der Waals surface area contributed by atoms with E-state index in [0.717, 1.165) is 5.70 Å². The van der Waals surface area contributed by atoms with E-state index in [1.165, 1.54) is 24.3 Å². The van der Waals surface area contributed by atoms with Crippen molar-refractivity contribution in [1.82, 2.24) is 4.90 Å². The topological polar surface area (TPSA) is 63.4 Å². The van der Waals surface area contributed by atoms with Gasteiger partial charge in [0.25, 0.3) is 5.69 Å². The highest BCUT2D eigenvalue weighted by Crippen LogP contribution is 2.14. The lowest BCUT2D eigenvalue weighted by molar-refractivity contribution is -0.384. The van der Waals surface area contributed by atoms with Crippen LogP contribution < -0.4 is 0 Å². The van der Waals surface area contributed by atoms with Crippen molar-refractivity contribution in [3.63, 3.8) is 0 Å². The molecular weight excluding hydrogens is 220 g/mol. The third kappa shape index (κ3) is 3.41. The van der Waals surface area contributed by atoms with Gasteiger partial charge in [-0.25, -0.2) is 0 Å². The minimum Gasteiger partial charge on any atom is -0.381 e. The van der Waals surface area contributed by atoms with Crippen LogP contribution in [-0.2, 0) is 0 Å². The Hall–Kier alpha value is -2.17. The van der Waals surface area contributed by atoms with Crippen molar-refractivity contribution in [2.75, 3.05) is 14.1 Å². The minimum atomic E-state index is -0.515. The van der Waals surface area contributed by atoms with Crippen LogP contribution in [-0.4, -0.2) is 29.7 Å². The monoisotopic (exact) mass is 234 g/mol. The second kappa shape index (κ2) is 5.25. The summed E-state index contributed by atoms with van der Waals surface area (Å²) in [7, 11) is 3.65. The van der Waals surface area contributed by atoms with Crippen molar-refractivity contribution < 1.29 is 9.72 Å². The molecule has 1 aromatic carbocycles. The summed E-state index contributed by atoms with van der Waals surface area (Å²) < 4.78 is 0. The Labute approximate surface area is 99.5 Å². The van der Waals surface area contributed by atoms with Crippen molar-refractivity contribution in [2.45, 2.75) is 6.92 Å². The molecule has 0 saturated heterocycles. The molecule has 1 aromatic rings. The molecule has 0 atom stereocenters. The summed E-state index contributed by atoms with van der Waals surface area (Å²) in [6.07, 6.45) is 1.46. The Morgan fingerprint density at radius 2 is 2.06 bits per heavy atom. The quantitative estimate of drug-likeness (QED) is 0.347. The van der Waals surface area contributed by atoms with Gasteiger partial charge in [0.15, 0.2) is 5.78 Å². The molecular formula is C12H14N2O3. The highest BCUT2D eigenvalue weighted by molar-refractivity contribution is 6.05. The third-order valence-electron chi connectivity index (χ3n) is 2.39. The lowest BCUT2D eigenvalue weighted by Crippen LogP contribution is -2.10. The molecule has 0 spiro atoms. The molecule has 0 heterocycles. The van der Waals surface area contributed by atoms with Crippen molar-refractivity contribution >= 4 is 11.5 Å². The Morgan fingerprint density at radius 1 is 1.41 bits per heavy atom. The molecule has 0 aliphatic rings. The summed E-state index contributed by atoms with van der Waals surface area (Å²) in [6.45, 7) is 1.80. The summed E-state index contributed by atoms with van der Waals surface area (Å²) >= 11 is 0. The number of carbonyl (C=O) groups excluding carboxylic acids is 1. The molecule has 17 heavy (non-hydrogen) atoms. The van der Waals surface area contributed by atoms with Crippen LogP contribution in [0.2, 0.25) is 0 Å². The average molecular weight is 234 g/mol. The van der Waals surface area contributed by atoms with E-state index in [9.17, 15) is 14.9 Å². The van der Waals surface area contributed by atoms with E-state index in [-0.39, 0.29) is 11.5 Å². The van der Waals surface area contributed by atoms with E-state index in [2.05, 4.69) is 0 Å². The Kier molecular flexibility index (Phi) is 3.98. The average Bonchev–Trinajstić information content (AvgIpc) is 2.28. The Morgan fingerprint density at radius 3 is 2.59 bits per heavy atom. The fourth-order valence-electron chi connectivity index (χ4n) is 1.17. The van der Waals surface area contributed by atoms with Crippen LogP contribution in [0.25, 0.3) is 0 Å². The number of ketones is 1. The number of nitrogens with zero attached hydrogens (tertiary/aromatic N) is 2. The van der Waals surface area contributed by atoms with Gasteiger partial charge in [0.2, 0.25) is 0 Å². The standard InChI is InChI=1S/C12H14N2O3/c1-9(13(2)3)7-12(15)10-5-4-6-11(8-10)14(16)17/h4-8H,1-3H3/b9-7-. The van der Waals surface area contributed by atoms with Crippen molar-refractivity contribution in [3.8, 4) is 0 Å². The summed E-state index contributed by atoms with van der Waals surface area (Å²) in [5, 5.41) is 10.6. The molecule has 5 heteroatoms. The fraction of sp³-hybridized carbons (Fsp3) is 0.250. The highest BCUT2D eigenvalue weighted by Gasteiger charge is 2.10. The minimum absolute atomic E-state index is 0.0771. The number of hydrogen-bond acceptors (Lipinski definition) is 4. The summed E-state index contributed by atoms with van der Waals surface area (Å²) in [5.74, 6) is -0.236. The number of non-ortho nitro benzene ring substituents is 1. The fourth-order valence-corrected chi connectivity index (χ4v) is 1.17. The van der Waals surface area contributed by atoms with Gasteiger partial charge in [-0.3, -0.25) is 14.9 Å². The van der Waals surface area contributed by atoms with E-state index in [1.807, 2.05) is 14.1 Å². The van der Waals surface area contributed by atoms with E-state index < -0.39 is 4.92 Å². The first-order chi connectivity index (χ1) is 7.91. The van der Waals surface area contributed by atoms with Gasteiger partial charge in [-0.05, 0) is 6.92 Å². The number of hydrogen-bond donors (Lipinski definition) is 0. The third-order valence-corrected chi connectivity index (χ3v) is 2.39. The maximum Gasteiger partial charge on any atom is 0.270 e. The van der Waals surface area contributed by atoms with Crippen LogP contribution in [0.15, 0.2) is 36.0 Å². The zero-order chi connectivity index (χ0) is 13.0. The van der Waals surface area contributed by atoms with Crippen molar-refractivity contribution in [1.29, 1.82) is 0 Å². The van der Waals surface area contributed by atoms with Gasteiger partial charge in [0, 0.05) is 43.6 Å². The Balaban J connectivity index is 3.01. The normalized spacial score (nSPS) is 11.1. The first-order valence-electron chi connectivity index (χ1n) is 5.06. The molecule has 0 fully saturated rings. The molecule has 90 valence electrons. The lowest BCUT2D eigenvalue weighted by Gasteiger charge is -2.11. The van der Waals surface area contributed by atoms with Crippen LogP contribution in [0.4, 0.5) is 5.69 Å². The number of nitro groups is 1. The van der Waals surface area contributed by atoms with Gasteiger partial charge in [0.1, 0.15) is 0 Å². The van der Waals surface area contributed by atoms with E-state index in [4.69, 9.17) is 0 Å². The highest BCUT2D eigenvalue weighted by atomic mass is 16.6. The molecule has 0 N–H and O–H groups in total. The van der Waals surface area contributed by atoms with Crippen LogP contribution in [0, 0.1) is 10.1 Å². The lowest BCUT2D eigenvalue weighted by atomic mass is 10.1. The molecule has 0 radical (unpaired) electrons. The van der Waals surface area contributed by atoms with Gasteiger partial charge in [-0.1, -0.05) is 12.1 Å². The number of nitro benzene ring substituents is 1. The van der Waals surface area contributed by atoms with Gasteiger partial charge in [-0.2, -0.15) is 0 Å². The maximum atomic E-state index is 11.8. The van der Waals surface area contributed by atoms with Crippen molar-refractivity contribution in [2.24, 2.45) is 0 Å². The van der Waals surface area contributed by atoms with E-state index in [0.29, 0.717) is 5.56 Å². The maximum absolute atomic E-state index is 11.8. The van der Waals surface area contributed by atoms with Crippen LogP contribution in [0.3, 0.4) is 0 Å².